The third-order valence-corrected chi connectivity index (χ3v) is 3.00. The lowest BCUT2D eigenvalue weighted by Gasteiger charge is -2.15. The van der Waals surface area contributed by atoms with Crippen molar-refractivity contribution in [1.82, 2.24) is 5.32 Å². The van der Waals surface area contributed by atoms with Crippen LogP contribution in [0.3, 0.4) is 0 Å². The first-order valence-corrected chi connectivity index (χ1v) is 6.72. The highest BCUT2D eigenvalue weighted by atomic mass is 35.5. The van der Waals surface area contributed by atoms with Gasteiger partial charge in [0.25, 0.3) is 0 Å². The first-order chi connectivity index (χ1) is 10.5. The summed E-state index contributed by atoms with van der Waals surface area (Å²) in [7, 11) is 0. The van der Waals surface area contributed by atoms with Gasteiger partial charge < -0.3 is 16.4 Å². The van der Waals surface area contributed by atoms with E-state index in [1.807, 2.05) is 0 Å². The van der Waals surface area contributed by atoms with E-state index >= 15 is 0 Å². The molecule has 136 valence electrons. The van der Waals surface area contributed by atoms with Crippen molar-refractivity contribution in [3.8, 4) is 0 Å². The summed E-state index contributed by atoms with van der Waals surface area (Å²) in [6.45, 7) is 2.99. The summed E-state index contributed by atoms with van der Waals surface area (Å²) in [5, 5.41) is 4.41. The van der Waals surface area contributed by atoms with Crippen molar-refractivity contribution in [3.05, 3.63) is 29.6 Å². The van der Waals surface area contributed by atoms with E-state index in [-0.39, 0.29) is 24.0 Å². The molecule has 1 atom stereocenters. The number of alkyl halides is 3. The predicted octanol–water partition coefficient (Wildman–Crippen LogP) is 2.30. The minimum Gasteiger partial charge on any atom is -0.346 e. The molecule has 4 N–H and O–H groups in total. The third kappa shape index (κ3) is 6.32. The minimum absolute atomic E-state index is 0. The number of nitrogens with two attached hydrogens (primary N) is 1. The van der Waals surface area contributed by atoms with Gasteiger partial charge in [-0.1, -0.05) is 13.8 Å². The topological polar surface area (TPSA) is 84.2 Å². The fraction of sp³-hybridized carbons (Fsp3) is 0.429. The number of carbonyl (C=O) groups is 2. The molecule has 0 fully saturated rings. The van der Waals surface area contributed by atoms with Gasteiger partial charge in [-0.15, -0.1) is 12.4 Å². The molecule has 0 spiro atoms. The van der Waals surface area contributed by atoms with Gasteiger partial charge in [-0.3, -0.25) is 9.59 Å². The van der Waals surface area contributed by atoms with Crippen molar-refractivity contribution in [2.45, 2.75) is 26.1 Å². The van der Waals surface area contributed by atoms with Crippen LogP contribution >= 0.6 is 12.4 Å². The van der Waals surface area contributed by atoms with Crippen molar-refractivity contribution in [2.24, 2.45) is 11.7 Å². The zero-order chi connectivity index (χ0) is 17.8. The number of halogens is 5. The number of carbonyl (C=O) groups excluding carboxylic acids is 2. The van der Waals surface area contributed by atoms with E-state index in [9.17, 15) is 27.2 Å². The van der Waals surface area contributed by atoms with Gasteiger partial charge in [0.1, 0.15) is 5.82 Å². The molecule has 0 aliphatic rings. The lowest BCUT2D eigenvalue weighted by Crippen LogP contribution is -2.46. The Kier molecular flexibility index (Phi) is 8.15. The van der Waals surface area contributed by atoms with Crippen molar-refractivity contribution in [1.29, 1.82) is 0 Å². The highest BCUT2D eigenvalue weighted by Gasteiger charge is 2.34. The monoisotopic (exact) mass is 371 g/mol. The lowest BCUT2D eigenvalue weighted by molar-refractivity contribution is -0.140. The molecule has 0 heterocycles. The minimum atomic E-state index is -4.87. The quantitative estimate of drug-likeness (QED) is 0.694. The fourth-order valence-electron chi connectivity index (χ4n) is 1.61. The molecule has 0 aliphatic heterocycles. The first-order valence-electron chi connectivity index (χ1n) is 6.72. The number of rotatable bonds is 5. The normalized spacial score (nSPS) is 12.3. The number of amides is 2. The van der Waals surface area contributed by atoms with Crippen LogP contribution in [0.25, 0.3) is 0 Å². The third-order valence-electron chi connectivity index (χ3n) is 3.00. The summed E-state index contributed by atoms with van der Waals surface area (Å²) in [5.74, 6) is -2.88. The van der Waals surface area contributed by atoms with Crippen LogP contribution in [-0.2, 0) is 15.8 Å². The lowest BCUT2D eigenvalue weighted by atomic mass is 10.1. The summed E-state index contributed by atoms with van der Waals surface area (Å²) >= 11 is 0. The Morgan fingerprint density at radius 3 is 2.33 bits per heavy atom. The maximum absolute atomic E-state index is 13.1. The van der Waals surface area contributed by atoms with Crippen LogP contribution in [-0.4, -0.2) is 24.4 Å². The number of benzene rings is 1. The van der Waals surface area contributed by atoms with E-state index < -0.39 is 42.0 Å². The van der Waals surface area contributed by atoms with Crippen molar-refractivity contribution >= 4 is 29.9 Å². The SMILES string of the molecule is CC(C)[C@H](N)C(=O)NCC(=O)Nc1ccc(F)c(C(F)(F)F)c1.Cl. The second-order valence-electron chi connectivity index (χ2n) is 5.23. The fourth-order valence-corrected chi connectivity index (χ4v) is 1.61. The van der Waals surface area contributed by atoms with Crippen LogP contribution < -0.4 is 16.4 Å². The summed E-state index contributed by atoms with van der Waals surface area (Å²) in [4.78, 5) is 23.2. The van der Waals surface area contributed by atoms with Crippen molar-refractivity contribution in [3.63, 3.8) is 0 Å². The molecule has 0 bridgehead atoms. The molecule has 1 aromatic carbocycles. The maximum atomic E-state index is 13.1. The molecule has 0 radical (unpaired) electrons. The van der Waals surface area contributed by atoms with Crippen molar-refractivity contribution in [2.75, 3.05) is 11.9 Å². The Hall–Kier alpha value is -1.87. The summed E-state index contributed by atoms with van der Waals surface area (Å²) in [6, 6.07) is 1.27. The molecule has 10 heteroatoms. The van der Waals surface area contributed by atoms with Crippen molar-refractivity contribution < 1.29 is 27.2 Å². The van der Waals surface area contributed by atoms with Crippen LogP contribution in [0.4, 0.5) is 23.2 Å². The van der Waals surface area contributed by atoms with Crippen LogP contribution in [0.2, 0.25) is 0 Å². The highest BCUT2D eigenvalue weighted by Crippen LogP contribution is 2.32. The van der Waals surface area contributed by atoms with Gasteiger partial charge in [-0.2, -0.15) is 13.2 Å². The van der Waals surface area contributed by atoms with Gasteiger partial charge in [0.2, 0.25) is 11.8 Å². The summed E-state index contributed by atoms with van der Waals surface area (Å²) in [6.07, 6.45) is -4.87. The van der Waals surface area contributed by atoms with Gasteiger partial charge in [0.15, 0.2) is 0 Å². The molecule has 0 saturated carbocycles. The van der Waals surface area contributed by atoms with E-state index in [0.29, 0.717) is 12.1 Å². The van der Waals surface area contributed by atoms with E-state index in [1.165, 1.54) is 0 Å². The zero-order valence-electron chi connectivity index (χ0n) is 12.9. The molecule has 0 aromatic heterocycles. The summed E-state index contributed by atoms with van der Waals surface area (Å²) in [5.41, 5.74) is 3.86. The molecule has 0 unspecified atom stereocenters. The number of hydrogen-bond acceptors (Lipinski definition) is 3. The maximum Gasteiger partial charge on any atom is 0.419 e. The zero-order valence-corrected chi connectivity index (χ0v) is 13.7. The molecular weight excluding hydrogens is 354 g/mol. The second kappa shape index (κ2) is 8.84. The number of anilines is 1. The largest absolute Gasteiger partial charge is 0.419 e. The van der Waals surface area contributed by atoms with Crippen LogP contribution in [0.5, 0.6) is 0 Å². The smallest absolute Gasteiger partial charge is 0.346 e. The van der Waals surface area contributed by atoms with Gasteiger partial charge in [0.05, 0.1) is 18.2 Å². The highest BCUT2D eigenvalue weighted by molar-refractivity contribution is 5.95. The van der Waals surface area contributed by atoms with Gasteiger partial charge in [-0.25, -0.2) is 4.39 Å². The Morgan fingerprint density at radius 2 is 1.83 bits per heavy atom. The van der Waals surface area contributed by atoms with E-state index in [1.54, 1.807) is 13.8 Å². The second-order valence-corrected chi connectivity index (χ2v) is 5.23. The van der Waals surface area contributed by atoms with E-state index in [2.05, 4.69) is 10.6 Å². The average Bonchev–Trinajstić information content (AvgIpc) is 2.44. The predicted molar refractivity (Wildman–Crippen MR) is 83.1 cm³/mol. The number of hydrogen-bond donors (Lipinski definition) is 3. The summed E-state index contributed by atoms with van der Waals surface area (Å²) < 4.78 is 50.8. The Morgan fingerprint density at radius 1 is 1.25 bits per heavy atom. The first kappa shape index (κ1) is 22.1. The molecular formula is C14H18ClF4N3O2. The molecule has 1 aromatic rings. The van der Waals surface area contributed by atoms with E-state index in [0.717, 1.165) is 6.07 Å². The van der Waals surface area contributed by atoms with Crippen LogP contribution in [0.15, 0.2) is 18.2 Å². The Labute approximate surface area is 142 Å². The van der Waals surface area contributed by atoms with Crippen LogP contribution in [0, 0.1) is 11.7 Å². The standard InChI is InChI=1S/C14H17F4N3O2.ClH/c1-7(2)12(19)13(23)20-6-11(22)21-8-3-4-10(15)9(5-8)14(16,17)18;/h3-5,7,12H,6,19H2,1-2H3,(H,20,23)(H,21,22);1H/t12-;/m0./s1. The van der Waals surface area contributed by atoms with Gasteiger partial charge >= 0.3 is 6.18 Å². The van der Waals surface area contributed by atoms with E-state index in [4.69, 9.17) is 5.73 Å². The molecule has 24 heavy (non-hydrogen) atoms. The van der Waals surface area contributed by atoms with Crippen LogP contribution in [0.1, 0.15) is 19.4 Å². The number of nitrogens with one attached hydrogen (secondary N) is 2. The van der Waals surface area contributed by atoms with Gasteiger partial charge in [-0.05, 0) is 24.1 Å². The molecule has 1 rings (SSSR count). The molecule has 5 nitrogen and oxygen atoms in total. The Bertz CT molecular complexity index is 594. The molecule has 2 amide bonds. The average molecular weight is 372 g/mol. The molecule has 0 saturated heterocycles. The van der Waals surface area contributed by atoms with Gasteiger partial charge in [0, 0.05) is 5.69 Å². The molecule has 0 aliphatic carbocycles. The Balaban J connectivity index is 0.00000529.